The summed E-state index contributed by atoms with van der Waals surface area (Å²) in [5.74, 6) is 1.19. The summed E-state index contributed by atoms with van der Waals surface area (Å²) < 4.78 is 0. The van der Waals surface area contributed by atoms with E-state index in [4.69, 9.17) is 5.26 Å². The molecule has 2 aromatic heterocycles. The van der Waals surface area contributed by atoms with Gasteiger partial charge in [0.05, 0.1) is 10.6 Å². The van der Waals surface area contributed by atoms with Crippen molar-refractivity contribution in [2.75, 3.05) is 0 Å². The number of rotatable bonds is 2. The minimum absolute atomic E-state index is 0.121. The van der Waals surface area contributed by atoms with E-state index in [1.807, 2.05) is 6.07 Å². The SMILES string of the molecule is N#Cc1ccc(-c2cc(=O)[nH]c(C3CC3)n2)s1. The van der Waals surface area contributed by atoms with E-state index in [0.717, 1.165) is 23.5 Å². The van der Waals surface area contributed by atoms with Gasteiger partial charge in [0, 0.05) is 12.0 Å². The fourth-order valence-corrected chi connectivity index (χ4v) is 2.45. The summed E-state index contributed by atoms with van der Waals surface area (Å²) in [7, 11) is 0. The van der Waals surface area contributed by atoms with Gasteiger partial charge in [-0.3, -0.25) is 4.79 Å². The second-order valence-corrected chi connectivity index (χ2v) is 5.15. The first kappa shape index (κ1) is 10.2. The molecule has 0 bridgehead atoms. The molecule has 0 spiro atoms. The number of hydrogen-bond donors (Lipinski definition) is 1. The molecule has 1 N–H and O–H groups in total. The van der Waals surface area contributed by atoms with Crippen molar-refractivity contribution in [3.8, 4) is 16.6 Å². The number of H-pyrrole nitrogens is 1. The molecule has 0 unspecified atom stereocenters. The maximum atomic E-state index is 11.5. The zero-order chi connectivity index (χ0) is 11.8. The van der Waals surface area contributed by atoms with E-state index in [-0.39, 0.29) is 5.56 Å². The first-order chi connectivity index (χ1) is 8.26. The van der Waals surface area contributed by atoms with E-state index in [1.165, 1.54) is 17.4 Å². The van der Waals surface area contributed by atoms with E-state index < -0.39 is 0 Å². The van der Waals surface area contributed by atoms with Gasteiger partial charge in [-0.05, 0) is 25.0 Å². The van der Waals surface area contributed by atoms with Crippen molar-refractivity contribution in [2.45, 2.75) is 18.8 Å². The van der Waals surface area contributed by atoms with Crippen LogP contribution < -0.4 is 5.56 Å². The average molecular weight is 243 g/mol. The molecule has 1 fully saturated rings. The Morgan fingerprint density at radius 2 is 2.29 bits per heavy atom. The van der Waals surface area contributed by atoms with Gasteiger partial charge in [-0.1, -0.05) is 0 Å². The molecular formula is C12H9N3OS. The van der Waals surface area contributed by atoms with Gasteiger partial charge in [0.1, 0.15) is 16.8 Å². The number of hydrogen-bond acceptors (Lipinski definition) is 4. The molecule has 0 aliphatic heterocycles. The minimum atomic E-state index is -0.121. The third kappa shape index (κ3) is 1.99. The predicted octanol–water partition coefficient (Wildman–Crippen LogP) is 2.25. The summed E-state index contributed by atoms with van der Waals surface area (Å²) in [6.07, 6.45) is 2.19. The lowest BCUT2D eigenvalue weighted by atomic mass is 10.3. The topological polar surface area (TPSA) is 69.5 Å². The predicted molar refractivity (Wildman–Crippen MR) is 64.9 cm³/mol. The maximum Gasteiger partial charge on any atom is 0.251 e. The van der Waals surface area contributed by atoms with Gasteiger partial charge in [0.2, 0.25) is 0 Å². The van der Waals surface area contributed by atoms with Crippen molar-refractivity contribution < 1.29 is 0 Å². The van der Waals surface area contributed by atoms with Crippen LogP contribution in [0.3, 0.4) is 0 Å². The van der Waals surface area contributed by atoms with Gasteiger partial charge in [-0.2, -0.15) is 5.26 Å². The summed E-state index contributed by atoms with van der Waals surface area (Å²) >= 11 is 1.36. The Kier molecular flexibility index (Phi) is 2.30. The van der Waals surface area contributed by atoms with Crippen LogP contribution in [0.1, 0.15) is 29.5 Å². The number of aromatic amines is 1. The van der Waals surface area contributed by atoms with E-state index in [9.17, 15) is 4.79 Å². The van der Waals surface area contributed by atoms with Crippen LogP contribution in [0, 0.1) is 11.3 Å². The molecule has 0 amide bonds. The summed E-state index contributed by atoms with van der Waals surface area (Å²) in [6.45, 7) is 0. The van der Waals surface area contributed by atoms with Crippen LogP contribution >= 0.6 is 11.3 Å². The monoisotopic (exact) mass is 243 g/mol. The standard InChI is InChI=1S/C12H9N3OS/c13-6-8-3-4-10(17-8)9-5-11(16)15-12(14-9)7-1-2-7/h3-5,7H,1-2H2,(H,14,15,16). The Balaban J connectivity index is 2.07. The molecule has 84 valence electrons. The van der Waals surface area contributed by atoms with Gasteiger partial charge in [-0.25, -0.2) is 4.98 Å². The van der Waals surface area contributed by atoms with E-state index in [1.54, 1.807) is 6.07 Å². The molecule has 0 aromatic carbocycles. The first-order valence-corrected chi connectivity index (χ1v) is 6.19. The van der Waals surface area contributed by atoms with E-state index in [2.05, 4.69) is 16.0 Å². The van der Waals surface area contributed by atoms with Crippen LogP contribution in [-0.4, -0.2) is 9.97 Å². The number of aromatic nitrogens is 2. The molecule has 0 saturated heterocycles. The van der Waals surface area contributed by atoms with Crippen molar-refractivity contribution in [1.82, 2.24) is 9.97 Å². The zero-order valence-corrected chi connectivity index (χ0v) is 9.75. The zero-order valence-electron chi connectivity index (χ0n) is 8.93. The van der Waals surface area contributed by atoms with Gasteiger partial charge in [-0.15, -0.1) is 11.3 Å². The normalized spacial score (nSPS) is 14.5. The molecule has 0 atom stereocenters. The van der Waals surface area contributed by atoms with Crippen molar-refractivity contribution >= 4 is 11.3 Å². The highest BCUT2D eigenvalue weighted by molar-refractivity contribution is 7.15. The average Bonchev–Trinajstić information content (AvgIpc) is 3.06. The Morgan fingerprint density at radius 1 is 1.47 bits per heavy atom. The highest BCUT2D eigenvalue weighted by Crippen LogP contribution is 2.38. The molecule has 1 aliphatic rings. The molecule has 5 heteroatoms. The second-order valence-electron chi connectivity index (χ2n) is 4.07. The molecule has 4 nitrogen and oxygen atoms in total. The van der Waals surface area contributed by atoms with Crippen LogP contribution in [0.4, 0.5) is 0 Å². The van der Waals surface area contributed by atoms with Crippen molar-refractivity contribution in [1.29, 1.82) is 5.26 Å². The molecule has 2 aromatic rings. The van der Waals surface area contributed by atoms with Gasteiger partial charge >= 0.3 is 0 Å². The van der Waals surface area contributed by atoms with Crippen LogP contribution in [0.25, 0.3) is 10.6 Å². The highest BCUT2D eigenvalue weighted by Gasteiger charge is 2.26. The number of nitrogens with zero attached hydrogens (tertiary/aromatic N) is 2. The quantitative estimate of drug-likeness (QED) is 0.879. The molecule has 3 rings (SSSR count). The molecular weight excluding hydrogens is 234 g/mol. The summed E-state index contributed by atoms with van der Waals surface area (Å²) in [5.41, 5.74) is 0.547. The Bertz CT molecular complexity index is 661. The van der Waals surface area contributed by atoms with Crippen LogP contribution in [0.5, 0.6) is 0 Å². The fourth-order valence-electron chi connectivity index (χ4n) is 1.69. The molecule has 1 aliphatic carbocycles. The van der Waals surface area contributed by atoms with Gasteiger partial charge in [0.15, 0.2) is 0 Å². The summed E-state index contributed by atoms with van der Waals surface area (Å²) in [4.78, 5) is 20.3. The Labute approximate surface area is 102 Å². The highest BCUT2D eigenvalue weighted by atomic mass is 32.1. The fraction of sp³-hybridized carbons (Fsp3) is 0.250. The van der Waals surface area contributed by atoms with E-state index >= 15 is 0 Å². The molecule has 17 heavy (non-hydrogen) atoms. The number of nitrogens with one attached hydrogen (secondary N) is 1. The van der Waals surface area contributed by atoms with Crippen molar-refractivity contribution in [3.63, 3.8) is 0 Å². The molecule has 1 saturated carbocycles. The largest absolute Gasteiger partial charge is 0.310 e. The van der Waals surface area contributed by atoms with Crippen LogP contribution in [-0.2, 0) is 0 Å². The lowest BCUT2D eigenvalue weighted by Gasteiger charge is -2.00. The van der Waals surface area contributed by atoms with Crippen molar-refractivity contribution in [2.24, 2.45) is 0 Å². The minimum Gasteiger partial charge on any atom is -0.310 e. The summed E-state index contributed by atoms with van der Waals surface area (Å²) in [5, 5.41) is 8.78. The number of nitriles is 1. The Morgan fingerprint density at radius 3 is 2.94 bits per heavy atom. The third-order valence-electron chi connectivity index (χ3n) is 2.69. The molecule has 2 heterocycles. The van der Waals surface area contributed by atoms with Gasteiger partial charge in [0.25, 0.3) is 5.56 Å². The second kappa shape index (κ2) is 3.82. The summed E-state index contributed by atoms with van der Waals surface area (Å²) in [6, 6.07) is 7.16. The molecule has 0 radical (unpaired) electrons. The van der Waals surface area contributed by atoms with Gasteiger partial charge < -0.3 is 4.98 Å². The van der Waals surface area contributed by atoms with Crippen LogP contribution in [0.2, 0.25) is 0 Å². The number of thiophene rings is 1. The first-order valence-electron chi connectivity index (χ1n) is 5.38. The van der Waals surface area contributed by atoms with E-state index in [0.29, 0.717) is 16.5 Å². The third-order valence-corrected chi connectivity index (χ3v) is 3.71. The Hall–Kier alpha value is -1.93. The van der Waals surface area contributed by atoms with Crippen LogP contribution in [0.15, 0.2) is 23.0 Å². The smallest absolute Gasteiger partial charge is 0.251 e. The van der Waals surface area contributed by atoms with Crippen molar-refractivity contribution in [3.05, 3.63) is 39.3 Å². The lowest BCUT2D eigenvalue weighted by Crippen LogP contribution is -2.10. The maximum absolute atomic E-state index is 11.5. The lowest BCUT2D eigenvalue weighted by molar-refractivity contribution is 0.913.